The summed E-state index contributed by atoms with van der Waals surface area (Å²) in [5.74, 6) is 0.618. The van der Waals surface area contributed by atoms with Gasteiger partial charge in [0.25, 0.3) is 0 Å². The van der Waals surface area contributed by atoms with Crippen LogP contribution in [0.5, 0.6) is 5.75 Å². The molecule has 1 aliphatic carbocycles. The van der Waals surface area contributed by atoms with E-state index in [4.69, 9.17) is 16.3 Å². The average Bonchev–Trinajstić information content (AvgIpc) is 3.33. The molecule has 1 aliphatic heterocycles. The third-order valence-electron chi connectivity index (χ3n) is 4.54. The minimum absolute atomic E-state index is 0. The zero-order valence-electron chi connectivity index (χ0n) is 13.9. The standard InChI is InChI=1S/C17H24ClFN2O.2ClH/c1-2-22-17-14(18)10-13(11-15(17)19)16(9-12-3-4-12)21-7-5-20-6-8-21;;/h10-12,16,20H,2-9H2,1H3;2*1H/t16-;;/m1../s1. The lowest BCUT2D eigenvalue weighted by Gasteiger charge is -2.35. The Morgan fingerprint density at radius 1 is 1.29 bits per heavy atom. The van der Waals surface area contributed by atoms with E-state index in [1.165, 1.54) is 12.8 Å². The number of piperazine rings is 1. The smallest absolute Gasteiger partial charge is 0.173 e. The highest BCUT2D eigenvalue weighted by Gasteiger charge is 2.31. The van der Waals surface area contributed by atoms with Crippen molar-refractivity contribution in [2.24, 2.45) is 5.92 Å². The number of ether oxygens (including phenoxy) is 1. The maximum absolute atomic E-state index is 14.3. The quantitative estimate of drug-likeness (QED) is 0.764. The van der Waals surface area contributed by atoms with Crippen LogP contribution in [0, 0.1) is 11.7 Å². The first-order valence-corrected chi connectivity index (χ1v) is 8.63. The summed E-state index contributed by atoms with van der Waals surface area (Å²) in [6.07, 6.45) is 3.70. The monoisotopic (exact) mass is 398 g/mol. The van der Waals surface area contributed by atoms with Gasteiger partial charge in [-0.25, -0.2) is 4.39 Å². The predicted octanol–water partition coefficient (Wildman–Crippen LogP) is 4.47. The molecule has 24 heavy (non-hydrogen) atoms. The molecule has 0 unspecified atom stereocenters. The van der Waals surface area contributed by atoms with E-state index in [-0.39, 0.29) is 42.4 Å². The van der Waals surface area contributed by atoms with Crippen LogP contribution in [-0.4, -0.2) is 37.7 Å². The molecular weight excluding hydrogens is 374 g/mol. The predicted molar refractivity (Wildman–Crippen MR) is 102 cm³/mol. The van der Waals surface area contributed by atoms with E-state index < -0.39 is 0 Å². The number of nitrogens with one attached hydrogen (secondary N) is 1. The second-order valence-electron chi connectivity index (χ2n) is 6.23. The van der Waals surface area contributed by atoms with Gasteiger partial charge in [0.1, 0.15) is 0 Å². The van der Waals surface area contributed by atoms with E-state index in [9.17, 15) is 4.39 Å². The molecule has 2 fully saturated rings. The van der Waals surface area contributed by atoms with Crippen LogP contribution in [0.4, 0.5) is 4.39 Å². The van der Waals surface area contributed by atoms with Crippen molar-refractivity contribution in [2.75, 3.05) is 32.8 Å². The summed E-state index contributed by atoms with van der Waals surface area (Å²) in [6, 6.07) is 3.77. The minimum Gasteiger partial charge on any atom is -0.489 e. The van der Waals surface area contributed by atoms with Crippen molar-refractivity contribution in [1.82, 2.24) is 10.2 Å². The summed E-state index contributed by atoms with van der Waals surface area (Å²) in [5.41, 5.74) is 0.986. The highest BCUT2D eigenvalue weighted by atomic mass is 35.5. The molecule has 1 aromatic rings. The molecule has 1 heterocycles. The van der Waals surface area contributed by atoms with Gasteiger partial charge in [-0.05, 0) is 37.0 Å². The van der Waals surface area contributed by atoms with Gasteiger partial charge in [-0.15, -0.1) is 24.8 Å². The third-order valence-corrected chi connectivity index (χ3v) is 4.82. The van der Waals surface area contributed by atoms with E-state index in [1.54, 1.807) is 6.07 Å². The van der Waals surface area contributed by atoms with Crippen LogP contribution in [0.1, 0.15) is 37.8 Å². The molecule has 0 aromatic heterocycles. The lowest BCUT2D eigenvalue weighted by Crippen LogP contribution is -2.45. The summed E-state index contributed by atoms with van der Waals surface area (Å²) < 4.78 is 19.6. The topological polar surface area (TPSA) is 24.5 Å². The highest BCUT2D eigenvalue weighted by molar-refractivity contribution is 6.32. The van der Waals surface area contributed by atoms with Crippen LogP contribution >= 0.6 is 36.4 Å². The Labute approximate surface area is 161 Å². The Morgan fingerprint density at radius 2 is 1.96 bits per heavy atom. The van der Waals surface area contributed by atoms with Crippen molar-refractivity contribution in [3.8, 4) is 5.75 Å². The molecule has 2 aliphatic rings. The zero-order valence-corrected chi connectivity index (χ0v) is 16.3. The van der Waals surface area contributed by atoms with Gasteiger partial charge >= 0.3 is 0 Å². The molecular formula is C17H26Cl3FN2O. The molecule has 7 heteroatoms. The number of rotatable bonds is 6. The molecule has 1 aromatic carbocycles. The van der Waals surface area contributed by atoms with Gasteiger partial charge < -0.3 is 10.1 Å². The van der Waals surface area contributed by atoms with Crippen molar-refractivity contribution >= 4 is 36.4 Å². The molecule has 0 radical (unpaired) electrons. The maximum Gasteiger partial charge on any atom is 0.173 e. The fraction of sp³-hybridized carbons (Fsp3) is 0.647. The molecule has 3 nitrogen and oxygen atoms in total. The van der Waals surface area contributed by atoms with E-state index in [0.29, 0.717) is 11.6 Å². The molecule has 3 rings (SSSR count). The van der Waals surface area contributed by atoms with E-state index >= 15 is 0 Å². The summed E-state index contributed by atoms with van der Waals surface area (Å²) in [7, 11) is 0. The summed E-state index contributed by atoms with van der Waals surface area (Å²) in [6.45, 7) is 6.25. The number of nitrogens with zero attached hydrogens (tertiary/aromatic N) is 1. The Bertz CT molecular complexity index is 500. The minimum atomic E-state index is -0.347. The molecule has 0 bridgehead atoms. The van der Waals surface area contributed by atoms with Crippen LogP contribution in [0.15, 0.2) is 12.1 Å². The Kier molecular flexibility index (Phi) is 9.10. The Hall–Kier alpha value is -0.260. The molecule has 0 amide bonds. The van der Waals surface area contributed by atoms with E-state index in [2.05, 4.69) is 10.2 Å². The third kappa shape index (κ3) is 5.37. The molecule has 0 spiro atoms. The van der Waals surface area contributed by atoms with Crippen molar-refractivity contribution < 1.29 is 9.13 Å². The van der Waals surface area contributed by atoms with Gasteiger partial charge in [-0.3, -0.25) is 4.90 Å². The summed E-state index contributed by atoms with van der Waals surface area (Å²) in [4.78, 5) is 2.46. The average molecular weight is 400 g/mol. The lowest BCUT2D eigenvalue weighted by atomic mass is 9.98. The first-order valence-electron chi connectivity index (χ1n) is 8.25. The maximum atomic E-state index is 14.3. The normalized spacial score (nSPS) is 19.1. The zero-order chi connectivity index (χ0) is 15.5. The second kappa shape index (κ2) is 10.0. The summed E-state index contributed by atoms with van der Waals surface area (Å²) >= 11 is 6.25. The van der Waals surface area contributed by atoms with Crippen LogP contribution < -0.4 is 10.1 Å². The first kappa shape index (κ1) is 21.8. The first-order chi connectivity index (χ1) is 10.7. The van der Waals surface area contributed by atoms with Crippen molar-refractivity contribution in [3.05, 3.63) is 28.5 Å². The lowest BCUT2D eigenvalue weighted by molar-refractivity contribution is 0.160. The van der Waals surface area contributed by atoms with Crippen LogP contribution in [0.25, 0.3) is 0 Å². The largest absolute Gasteiger partial charge is 0.489 e. The Balaban J connectivity index is 0.00000144. The second-order valence-corrected chi connectivity index (χ2v) is 6.63. The van der Waals surface area contributed by atoms with Crippen molar-refractivity contribution in [1.29, 1.82) is 0 Å². The van der Waals surface area contributed by atoms with Crippen LogP contribution in [0.3, 0.4) is 0 Å². The number of hydrogen-bond acceptors (Lipinski definition) is 3. The number of hydrogen-bond donors (Lipinski definition) is 1. The molecule has 1 saturated heterocycles. The molecule has 1 atom stereocenters. The fourth-order valence-corrected chi connectivity index (χ4v) is 3.48. The molecule has 138 valence electrons. The highest BCUT2D eigenvalue weighted by Crippen LogP contribution is 2.42. The summed E-state index contributed by atoms with van der Waals surface area (Å²) in [5, 5.41) is 3.76. The fourth-order valence-electron chi connectivity index (χ4n) is 3.21. The number of benzene rings is 1. The van der Waals surface area contributed by atoms with Crippen molar-refractivity contribution in [2.45, 2.75) is 32.2 Å². The molecule has 1 saturated carbocycles. The Morgan fingerprint density at radius 3 is 2.50 bits per heavy atom. The molecule has 1 N–H and O–H groups in total. The van der Waals surface area contributed by atoms with Crippen molar-refractivity contribution in [3.63, 3.8) is 0 Å². The van der Waals surface area contributed by atoms with E-state index in [0.717, 1.165) is 44.1 Å². The van der Waals surface area contributed by atoms with Gasteiger partial charge in [0.2, 0.25) is 0 Å². The van der Waals surface area contributed by atoms with Crippen LogP contribution in [-0.2, 0) is 0 Å². The number of halogens is 4. The van der Waals surface area contributed by atoms with Gasteiger partial charge in [0, 0.05) is 32.2 Å². The van der Waals surface area contributed by atoms with Gasteiger partial charge in [-0.1, -0.05) is 24.4 Å². The van der Waals surface area contributed by atoms with E-state index in [1.807, 2.05) is 13.0 Å². The van der Waals surface area contributed by atoms with Gasteiger partial charge in [-0.2, -0.15) is 0 Å². The van der Waals surface area contributed by atoms with Gasteiger partial charge in [0.05, 0.1) is 11.6 Å². The van der Waals surface area contributed by atoms with Gasteiger partial charge in [0.15, 0.2) is 11.6 Å². The SMILES string of the molecule is CCOc1c(F)cc([C@@H](CC2CC2)N2CCNCC2)cc1Cl.Cl.Cl. The van der Waals surface area contributed by atoms with Crippen LogP contribution in [0.2, 0.25) is 5.02 Å².